The summed E-state index contributed by atoms with van der Waals surface area (Å²) in [7, 11) is 0. The van der Waals surface area contributed by atoms with Crippen LogP contribution in [0.3, 0.4) is 0 Å². The summed E-state index contributed by atoms with van der Waals surface area (Å²) in [5.74, 6) is 0. The monoisotopic (exact) mass is 292 g/mol. The van der Waals surface area contributed by atoms with Crippen molar-refractivity contribution in [3.8, 4) is 0 Å². The summed E-state index contributed by atoms with van der Waals surface area (Å²) >= 11 is 0. The molecule has 0 radical (unpaired) electrons. The van der Waals surface area contributed by atoms with Gasteiger partial charge in [-0.05, 0) is 39.4 Å². The number of nitrogens with one attached hydrogen (secondary N) is 1. The van der Waals surface area contributed by atoms with Gasteiger partial charge in [0, 0.05) is 18.6 Å². The first-order chi connectivity index (χ1) is 9.96. The van der Waals surface area contributed by atoms with Gasteiger partial charge in [-0.25, -0.2) is 0 Å². The van der Waals surface area contributed by atoms with Gasteiger partial charge in [0.2, 0.25) is 0 Å². The molecule has 1 aromatic carbocycles. The van der Waals surface area contributed by atoms with E-state index in [4.69, 9.17) is 4.74 Å². The minimum atomic E-state index is 0.106. The van der Waals surface area contributed by atoms with Crippen LogP contribution in [0.25, 0.3) is 0 Å². The highest BCUT2D eigenvalue weighted by molar-refractivity contribution is 5.18. The maximum atomic E-state index is 6.15. The Balaban J connectivity index is 2.56. The van der Waals surface area contributed by atoms with Crippen LogP contribution >= 0.6 is 0 Å². The van der Waals surface area contributed by atoms with E-state index < -0.39 is 0 Å². The van der Waals surface area contributed by atoms with E-state index in [-0.39, 0.29) is 11.6 Å². The van der Waals surface area contributed by atoms with Gasteiger partial charge in [0.25, 0.3) is 0 Å². The van der Waals surface area contributed by atoms with Gasteiger partial charge >= 0.3 is 0 Å². The van der Waals surface area contributed by atoms with Crippen molar-refractivity contribution in [3.05, 3.63) is 35.9 Å². The largest absolute Gasteiger partial charge is 0.371 e. The third kappa shape index (κ3) is 7.60. The Morgan fingerprint density at radius 3 is 2.24 bits per heavy atom. The first-order valence-corrected chi connectivity index (χ1v) is 8.10. The summed E-state index contributed by atoms with van der Waals surface area (Å²) < 4.78 is 6.15. The molecule has 3 nitrogen and oxygen atoms in total. The van der Waals surface area contributed by atoms with Crippen LogP contribution in [0.2, 0.25) is 0 Å². The molecule has 0 amide bonds. The fraction of sp³-hybridized carbons (Fsp3) is 0.667. The summed E-state index contributed by atoms with van der Waals surface area (Å²) in [6, 6.07) is 10.5. The molecular formula is C18H32N2O. The van der Waals surface area contributed by atoms with Crippen molar-refractivity contribution in [2.45, 2.75) is 46.3 Å². The van der Waals surface area contributed by atoms with E-state index in [1.54, 1.807) is 0 Å². The molecule has 0 bridgehead atoms. The molecule has 0 fully saturated rings. The zero-order valence-corrected chi connectivity index (χ0v) is 14.4. The molecule has 1 aromatic rings. The van der Waals surface area contributed by atoms with E-state index in [0.29, 0.717) is 0 Å². The second-order valence-electron chi connectivity index (χ2n) is 6.43. The highest BCUT2D eigenvalue weighted by Gasteiger charge is 2.16. The Morgan fingerprint density at radius 2 is 1.71 bits per heavy atom. The van der Waals surface area contributed by atoms with Crippen molar-refractivity contribution < 1.29 is 4.74 Å². The molecule has 0 aliphatic rings. The number of ether oxygens (including phenoxy) is 1. The minimum Gasteiger partial charge on any atom is -0.371 e. The molecule has 0 aliphatic carbocycles. The fourth-order valence-corrected chi connectivity index (χ4v) is 2.20. The van der Waals surface area contributed by atoms with Gasteiger partial charge in [-0.2, -0.15) is 0 Å². The van der Waals surface area contributed by atoms with Crippen LogP contribution in [0.1, 0.15) is 46.3 Å². The van der Waals surface area contributed by atoms with E-state index in [0.717, 1.165) is 32.8 Å². The average molecular weight is 292 g/mol. The second-order valence-corrected chi connectivity index (χ2v) is 6.43. The van der Waals surface area contributed by atoms with Gasteiger partial charge in [0.05, 0.1) is 12.7 Å². The molecule has 0 saturated heterocycles. The number of benzene rings is 1. The van der Waals surface area contributed by atoms with Crippen LogP contribution in [-0.2, 0) is 4.74 Å². The van der Waals surface area contributed by atoms with E-state index in [1.165, 1.54) is 5.56 Å². The molecule has 0 saturated carbocycles. The number of nitrogens with zero attached hydrogens (tertiary/aromatic N) is 1. The van der Waals surface area contributed by atoms with Crippen molar-refractivity contribution in [2.24, 2.45) is 0 Å². The number of likely N-dealkylation sites (N-methyl/N-ethyl adjacent to an activating group) is 1. The molecule has 1 atom stereocenters. The van der Waals surface area contributed by atoms with E-state index in [1.807, 2.05) is 6.07 Å². The molecular weight excluding hydrogens is 260 g/mol. The Hall–Kier alpha value is -0.900. The SMILES string of the molecule is CCN(CC)CCOC(CNC(C)(C)C)c1ccccc1. The van der Waals surface area contributed by atoms with Crippen LogP contribution in [0.5, 0.6) is 0 Å². The molecule has 0 aliphatic heterocycles. The predicted octanol–water partition coefficient (Wildman–Crippen LogP) is 3.47. The van der Waals surface area contributed by atoms with Crippen molar-refractivity contribution in [3.63, 3.8) is 0 Å². The van der Waals surface area contributed by atoms with Gasteiger partial charge < -0.3 is 15.0 Å². The zero-order valence-electron chi connectivity index (χ0n) is 14.4. The van der Waals surface area contributed by atoms with Gasteiger partial charge in [-0.15, -0.1) is 0 Å². The third-order valence-electron chi connectivity index (χ3n) is 3.61. The third-order valence-corrected chi connectivity index (χ3v) is 3.61. The quantitative estimate of drug-likeness (QED) is 0.754. The van der Waals surface area contributed by atoms with Crippen LogP contribution in [-0.4, -0.2) is 43.2 Å². The van der Waals surface area contributed by atoms with Gasteiger partial charge in [-0.1, -0.05) is 44.2 Å². The Bertz CT molecular complexity index is 369. The molecule has 0 aromatic heterocycles. The Labute approximate surface area is 130 Å². The first-order valence-electron chi connectivity index (χ1n) is 8.10. The molecule has 0 heterocycles. The van der Waals surface area contributed by atoms with Gasteiger partial charge in [0.15, 0.2) is 0 Å². The number of hydrogen-bond donors (Lipinski definition) is 1. The van der Waals surface area contributed by atoms with Gasteiger partial charge in [0.1, 0.15) is 0 Å². The van der Waals surface area contributed by atoms with Crippen molar-refractivity contribution >= 4 is 0 Å². The number of rotatable bonds is 9. The molecule has 0 spiro atoms. The Morgan fingerprint density at radius 1 is 1.10 bits per heavy atom. The topological polar surface area (TPSA) is 24.5 Å². The van der Waals surface area contributed by atoms with Crippen LogP contribution < -0.4 is 5.32 Å². The normalized spacial score (nSPS) is 13.6. The zero-order chi connectivity index (χ0) is 15.7. The lowest BCUT2D eigenvalue weighted by atomic mass is 10.1. The summed E-state index contributed by atoms with van der Waals surface area (Å²) in [5, 5.41) is 3.55. The molecule has 1 unspecified atom stereocenters. The number of hydrogen-bond acceptors (Lipinski definition) is 3. The van der Waals surface area contributed by atoms with E-state index >= 15 is 0 Å². The minimum absolute atomic E-state index is 0.106. The van der Waals surface area contributed by atoms with Crippen molar-refractivity contribution in [1.82, 2.24) is 10.2 Å². The molecule has 21 heavy (non-hydrogen) atoms. The fourth-order valence-electron chi connectivity index (χ4n) is 2.20. The Kier molecular flexibility index (Phi) is 7.94. The van der Waals surface area contributed by atoms with Crippen molar-refractivity contribution in [2.75, 3.05) is 32.8 Å². The highest BCUT2D eigenvalue weighted by Crippen LogP contribution is 2.17. The van der Waals surface area contributed by atoms with Crippen LogP contribution in [0.4, 0.5) is 0 Å². The highest BCUT2D eigenvalue weighted by atomic mass is 16.5. The maximum absolute atomic E-state index is 6.15. The molecule has 1 rings (SSSR count). The average Bonchev–Trinajstić information content (AvgIpc) is 2.46. The van der Waals surface area contributed by atoms with Crippen LogP contribution in [0, 0.1) is 0 Å². The standard InChI is InChI=1S/C18H32N2O/c1-6-20(7-2)13-14-21-17(15-19-18(3,4)5)16-11-9-8-10-12-16/h8-12,17,19H,6-7,13-15H2,1-5H3. The summed E-state index contributed by atoms with van der Waals surface area (Å²) in [6.45, 7) is 15.7. The van der Waals surface area contributed by atoms with E-state index in [2.05, 4.69) is 69.1 Å². The van der Waals surface area contributed by atoms with Gasteiger partial charge in [-0.3, -0.25) is 0 Å². The smallest absolute Gasteiger partial charge is 0.0950 e. The molecule has 120 valence electrons. The first kappa shape index (κ1) is 18.1. The maximum Gasteiger partial charge on any atom is 0.0950 e. The second kappa shape index (κ2) is 9.19. The summed E-state index contributed by atoms with van der Waals surface area (Å²) in [6.07, 6.45) is 0.112. The summed E-state index contributed by atoms with van der Waals surface area (Å²) in [4.78, 5) is 2.39. The predicted molar refractivity (Wildman–Crippen MR) is 90.7 cm³/mol. The van der Waals surface area contributed by atoms with Crippen molar-refractivity contribution in [1.29, 1.82) is 0 Å². The van der Waals surface area contributed by atoms with Crippen LogP contribution in [0.15, 0.2) is 30.3 Å². The lowest BCUT2D eigenvalue weighted by Crippen LogP contribution is -2.39. The molecule has 3 heteroatoms. The summed E-state index contributed by atoms with van der Waals surface area (Å²) in [5.41, 5.74) is 1.35. The molecule has 1 N–H and O–H groups in total. The van der Waals surface area contributed by atoms with E-state index in [9.17, 15) is 0 Å². The lowest BCUT2D eigenvalue weighted by molar-refractivity contribution is 0.0346. The lowest BCUT2D eigenvalue weighted by Gasteiger charge is -2.27.